The van der Waals surface area contributed by atoms with E-state index in [2.05, 4.69) is 20.5 Å². The van der Waals surface area contributed by atoms with E-state index in [4.69, 9.17) is 4.74 Å². The van der Waals surface area contributed by atoms with E-state index >= 15 is 4.79 Å². The molecule has 322 valence electrons. The fourth-order valence-electron chi connectivity index (χ4n) is 10.00. The minimum absolute atomic E-state index is 0.131. The number of aromatic nitrogens is 7. The maximum atomic E-state index is 15.4. The van der Waals surface area contributed by atoms with Crippen LogP contribution in [0.4, 0.5) is 5.69 Å². The van der Waals surface area contributed by atoms with Gasteiger partial charge in [-0.25, -0.2) is 0 Å². The molecule has 1 fully saturated rings. The standard InChI is InChI=1S/C49H46N8O6Si/c1-31-45(64(2,3)62)44(23-24-54-29-42(52-53-54)40(30-58)33-11-5-4-6-12-33)63-49(31)41-25-37(57-47(60)39-16-10-8-14-35(39)27-51-57)21-22-43(41)55(48(49)61)28-32-17-19-36(20-18-32)56-46(59)38-15-9-7-13-34(38)26-50-56/h4-22,25-27,29,31,40,44-45,58,62H,23-24,28,30H2,1-3H3/t31-,40?,44+,45-,49+/m0/s1. The smallest absolute Gasteiger partial charge is 0.279 e. The number of aliphatic hydroxyl groups excluding tert-OH is 1. The number of fused-ring (bicyclic) bond motifs is 4. The number of carbonyl (C=O) groups is 1. The Morgan fingerprint density at radius 1 is 0.781 bits per heavy atom. The molecule has 0 saturated carbocycles. The van der Waals surface area contributed by atoms with Crippen LogP contribution in [-0.2, 0) is 28.2 Å². The van der Waals surface area contributed by atoms with E-state index in [-0.39, 0.29) is 41.6 Å². The predicted molar refractivity (Wildman–Crippen MR) is 245 cm³/mol. The van der Waals surface area contributed by atoms with Crippen molar-refractivity contribution >= 4 is 41.5 Å². The van der Waals surface area contributed by atoms with Crippen molar-refractivity contribution in [2.75, 3.05) is 11.5 Å². The van der Waals surface area contributed by atoms with Gasteiger partial charge in [-0.2, -0.15) is 19.6 Å². The first-order valence-corrected chi connectivity index (χ1v) is 24.4. The third-order valence-corrected chi connectivity index (χ3v) is 15.6. The van der Waals surface area contributed by atoms with Crippen molar-refractivity contribution in [3.63, 3.8) is 0 Å². The number of nitrogens with zero attached hydrogens (tertiary/aromatic N) is 8. The SMILES string of the molecule is C[C@H]1[C@H]([Si](C)(C)O)[C@@H](CCn2cc(C(CO)c3ccccc3)nn2)O[C@]12C(=O)N(Cc1ccc(-n3ncc4ccccc4c3=O)cc1)c1ccc(-n3ncc4ccccc4c3=O)cc12. The number of carbonyl (C=O) groups excluding carboxylic acids is 1. The molecule has 0 radical (unpaired) electrons. The third-order valence-electron chi connectivity index (χ3n) is 13.1. The summed E-state index contributed by atoms with van der Waals surface area (Å²) in [4.78, 5) is 56.5. The molecule has 5 heterocycles. The molecule has 8 aromatic rings. The van der Waals surface area contributed by atoms with Crippen molar-refractivity contribution in [2.45, 2.75) is 62.7 Å². The molecule has 1 spiro atoms. The minimum atomic E-state index is -3.04. The van der Waals surface area contributed by atoms with Gasteiger partial charge >= 0.3 is 0 Å². The maximum Gasteiger partial charge on any atom is 0.279 e. The zero-order chi connectivity index (χ0) is 44.3. The molecular formula is C49H46N8O6Si. The van der Waals surface area contributed by atoms with Crippen LogP contribution in [0.5, 0.6) is 0 Å². The first-order chi connectivity index (χ1) is 31.0. The number of anilines is 1. The van der Waals surface area contributed by atoms with Gasteiger partial charge < -0.3 is 19.5 Å². The largest absolute Gasteiger partial charge is 0.432 e. The Bertz CT molecular complexity index is 3180. The molecule has 2 aliphatic heterocycles. The number of aryl methyl sites for hydroxylation is 1. The Balaban J connectivity index is 1.01. The van der Waals surface area contributed by atoms with Crippen LogP contribution in [0.1, 0.15) is 41.6 Å². The molecular weight excluding hydrogens is 825 g/mol. The van der Waals surface area contributed by atoms with Gasteiger partial charge in [-0.15, -0.1) is 5.10 Å². The van der Waals surface area contributed by atoms with E-state index in [9.17, 15) is 19.5 Å². The highest BCUT2D eigenvalue weighted by atomic mass is 28.4. The van der Waals surface area contributed by atoms with Crippen molar-refractivity contribution in [3.05, 3.63) is 183 Å². The van der Waals surface area contributed by atoms with Gasteiger partial charge in [-0.3, -0.25) is 19.1 Å². The highest BCUT2D eigenvalue weighted by Gasteiger charge is 2.66. The summed E-state index contributed by atoms with van der Waals surface area (Å²) in [5.74, 6) is -1.09. The topological polar surface area (TPSA) is 170 Å². The van der Waals surface area contributed by atoms with E-state index in [0.29, 0.717) is 52.1 Å². The molecule has 5 aromatic carbocycles. The average Bonchev–Trinajstić information content (AvgIpc) is 3.96. The van der Waals surface area contributed by atoms with Gasteiger partial charge in [0, 0.05) is 40.5 Å². The molecule has 3 aromatic heterocycles. The quantitative estimate of drug-likeness (QED) is 0.142. The second-order valence-corrected chi connectivity index (χ2v) is 21.3. The van der Waals surface area contributed by atoms with Crippen LogP contribution >= 0.6 is 0 Å². The fourth-order valence-corrected chi connectivity index (χ4v) is 12.6. The Morgan fingerprint density at radius 2 is 1.39 bits per heavy atom. The highest BCUT2D eigenvalue weighted by molar-refractivity contribution is 6.71. The lowest BCUT2D eigenvalue weighted by Gasteiger charge is -2.32. The van der Waals surface area contributed by atoms with Crippen LogP contribution in [0.15, 0.2) is 150 Å². The molecule has 10 rings (SSSR count). The monoisotopic (exact) mass is 870 g/mol. The summed E-state index contributed by atoms with van der Waals surface area (Å²) in [6.45, 7) is 6.18. The fraction of sp³-hybridized carbons (Fsp3) is 0.245. The van der Waals surface area contributed by atoms with E-state index in [1.807, 2.05) is 129 Å². The first-order valence-electron chi connectivity index (χ1n) is 21.4. The van der Waals surface area contributed by atoms with Gasteiger partial charge in [0.25, 0.3) is 17.0 Å². The number of rotatable bonds is 11. The molecule has 2 aliphatic rings. The summed E-state index contributed by atoms with van der Waals surface area (Å²) >= 11 is 0. The number of aliphatic hydroxyl groups is 1. The normalized spacial score (nSPS) is 20.1. The second kappa shape index (κ2) is 16.0. The number of benzene rings is 5. The zero-order valence-corrected chi connectivity index (χ0v) is 36.5. The van der Waals surface area contributed by atoms with Gasteiger partial charge in [0.15, 0.2) is 13.9 Å². The predicted octanol–water partition coefficient (Wildman–Crippen LogP) is 6.24. The van der Waals surface area contributed by atoms with Crippen molar-refractivity contribution in [3.8, 4) is 11.4 Å². The molecule has 64 heavy (non-hydrogen) atoms. The Labute approximate surface area is 368 Å². The lowest BCUT2D eigenvalue weighted by atomic mass is 9.82. The van der Waals surface area contributed by atoms with Crippen molar-refractivity contribution in [2.24, 2.45) is 5.92 Å². The lowest BCUT2D eigenvalue weighted by Crippen LogP contribution is -2.46. The minimum Gasteiger partial charge on any atom is -0.432 e. The molecule has 1 saturated heterocycles. The van der Waals surface area contributed by atoms with Gasteiger partial charge in [-0.1, -0.05) is 91.0 Å². The van der Waals surface area contributed by atoms with Crippen LogP contribution < -0.4 is 16.0 Å². The van der Waals surface area contributed by atoms with Crippen molar-refractivity contribution in [1.82, 2.24) is 34.6 Å². The average molecular weight is 871 g/mol. The van der Waals surface area contributed by atoms with Crippen LogP contribution in [0.3, 0.4) is 0 Å². The molecule has 2 N–H and O–H groups in total. The van der Waals surface area contributed by atoms with Gasteiger partial charge in [0.2, 0.25) is 0 Å². The van der Waals surface area contributed by atoms with Crippen LogP contribution in [0.25, 0.3) is 32.9 Å². The van der Waals surface area contributed by atoms with E-state index in [1.54, 1.807) is 40.2 Å². The summed E-state index contributed by atoms with van der Waals surface area (Å²) in [5, 5.41) is 30.6. The van der Waals surface area contributed by atoms with Gasteiger partial charge in [-0.05, 0) is 73.1 Å². The van der Waals surface area contributed by atoms with E-state index < -0.39 is 25.9 Å². The van der Waals surface area contributed by atoms with Gasteiger partial charge in [0.05, 0.1) is 71.1 Å². The molecule has 1 unspecified atom stereocenters. The Morgan fingerprint density at radius 3 is 2.03 bits per heavy atom. The third kappa shape index (κ3) is 6.88. The summed E-state index contributed by atoms with van der Waals surface area (Å²) < 4.78 is 11.6. The molecule has 0 bridgehead atoms. The Kier molecular flexibility index (Phi) is 10.3. The molecule has 0 aliphatic carbocycles. The van der Waals surface area contributed by atoms with E-state index in [0.717, 1.165) is 21.9 Å². The zero-order valence-electron chi connectivity index (χ0n) is 35.5. The number of hydrogen-bond donors (Lipinski definition) is 2. The molecule has 15 heteroatoms. The summed E-state index contributed by atoms with van der Waals surface area (Å²) in [6.07, 6.45) is 5.02. The van der Waals surface area contributed by atoms with Gasteiger partial charge in [0.1, 0.15) is 0 Å². The summed E-state index contributed by atoms with van der Waals surface area (Å²) in [5.41, 5.74) is 2.23. The second-order valence-electron chi connectivity index (χ2n) is 17.4. The van der Waals surface area contributed by atoms with Crippen LogP contribution in [0.2, 0.25) is 18.6 Å². The lowest BCUT2D eigenvalue weighted by molar-refractivity contribution is -0.146. The first kappa shape index (κ1) is 41.1. The molecule has 1 amide bonds. The molecule has 14 nitrogen and oxygen atoms in total. The van der Waals surface area contributed by atoms with Crippen molar-refractivity contribution in [1.29, 1.82) is 0 Å². The maximum absolute atomic E-state index is 15.4. The summed E-state index contributed by atoms with van der Waals surface area (Å²) in [7, 11) is -3.04. The number of hydrogen-bond acceptors (Lipinski definition) is 10. The van der Waals surface area contributed by atoms with E-state index in [1.165, 1.54) is 9.36 Å². The Hall–Kier alpha value is -6.91. The number of ether oxygens (including phenoxy) is 1. The summed E-state index contributed by atoms with van der Waals surface area (Å²) in [6, 6.07) is 37.1. The highest BCUT2D eigenvalue weighted by Crippen LogP contribution is 2.60. The number of amides is 1. The van der Waals surface area contributed by atoms with Crippen LogP contribution in [0, 0.1) is 5.92 Å². The van der Waals surface area contributed by atoms with Crippen molar-refractivity contribution < 1.29 is 19.4 Å². The molecule has 5 atom stereocenters. The van der Waals surface area contributed by atoms with Crippen LogP contribution in [-0.4, -0.2) is 71.4 Å².